The molecule has 1 aromatic carbocycles. The predicted molar refractivity (Wildman–Crippen MR) is 73.2 cm³/mol. The highest BCUT2D eigenvalue weighted by Gasteiger charge is 2.20. The van der Waals surface area contributed by atoms with Crippen LogP contribution in [0.4, 0.5) is 14.9 Å². The topological polar surface area (TPSA) is 70.6 Å². The number of nitrogens with one attached hydrogen (secondary N) is 2. The maximum Gasteiger partial charge on any atom is 0.319 e. The smallest absolute Gasteiger partial charge is 0.319 e. The van der Waals surface area contributed by atoms with E-state index in [2.05, 4.69) is 10.6 Å². The van der Waals surface area contributed by atoms with Crippen molar-refractivity contribution in [3.05, 3.63) is 36.2 Å². The Kier molecular flexibility index (Phi) is 4.57. The number of hydrogen-bond donors (Lipinski definition) is 3. The van der Waals surface area contributed by atoms with Gasteiger partial charge < -0.3 is 20.5 Å². The molecule has 1 aromatic rings. The number of carbonyl (C=O) groups excluding carboxylic acids is 1. The normalized spacial score (nSPS) is 20.8. The Balaban J connectivity index is 1.94. The molecule has 0 heterocycles. The van der Waals surface area contributed by atoms with Crippen LogP contribution in [-0.4, -0.2) is 30.9 Å². The Morgan fingerprint density at radius 1 is 1.50 bits per heavy atom. The van der Waals surface area contributed by atoms with E-state index >= 15 is 0 Å². The lowest BCUT2D eigenvalue weighted by atomic mass is 10.1. The van der Waals surface area contributed by atoms with Crippen molar-refractivity contribution < 1.29 is 19.0 Å². The van der Waals surface area contributed by atoms with Gasteiger partial charge in [-0.2, -0.15) is 0 Å². The zero-order valence-corrected chi connectivity index (χ0v) is 11.1. The quantitative estimate of drug-likeness (QED) is 0.738. The average molecular weight is 280 g/mol. The number of amides is 2. The van der Waals surface area contributed by atoms with Gasteiger partial charge in [-0.1, -0.05) is 12.2 Å². The number of aliphatic hydroxyl groups excluding tert-OH is 1. The van der Waals surface area contributed by atoms with Crippen molar-refractivity contribution in [3.63, 3.8) is 0 Å². The second-order valence-corrected chi connectivity index (χ2v) is 4.61. The highest BCUT2D eigenvalue weighted by atomic mass is 19.1. The van der Waals surface area contributed by atoms with Crippen molar-refractivity contribution in [2.75, 3.05) is 19.0 Å². The molecule has 0 unspecified atom stereocenters. The number of methoxy groups -OCH3 is 1. The molecule has 0 radical (unpaired) electrons. The molecule has 1 aliphatic carbocycles. The molecule has 0 fully saturated rings. The predicted octanol–water partition coefficient (Wildman–Crippen LogP) is 1.89. The molecule has 20 heavy (non-hydrogen) atoms. The van der Waals surface area contributed by atoms with Gasteiger partial charge >= 0.3 is 6.03 Å². The average Bonchev–Trinajstić information content (AvgIpc) is 2.88. The minimum absolute atomic E-state index is 0.0715. The van der Waals surface area contributed by atoms with Gasteiger partial charge in [0.2, 0.25) is 0 Å². The summed E-state index contributed by atoms with van der Waals surface area (Å²) in [5.41, 5.74) is 0.395. The molecule has 2 atom stereocenters. The van der Waals surface area contributed by atoms with Crippen molar-refractivity contribution in [3.8, 4) is 5.75 Å². The fourth-order valence-electron chi connectivity index (χ4n) is 2.11. The Bertz CT molecular complexity index is 519. The van der Waals surface area contributed by atoms with Crippen LogP contribution < -0.4 is 15.4 Å². The molecule has 108 valence electrons. The first-order chi connectivity index (χ1) is 9.62. The third kappa shape index (κ3) is 3.48. The first kappa shape index (κ1) is 14.3. The summed E-state index contributed by atoms with van der Waals surface area (Å²) in [6.45, 7) is 0.0715. The third-order valence-corrected chi connectivity index (χ3v) is 3.14. The molecule has 1 aliphatic rings. The molecule has 0 saturated heterocycles. The molecular weight excluding hydrogens is 263 g/mol. The van der Waals surface area contributed by atoms with Crippen LogP contribution >= 0.6 is 0 Å². The monoisotopic (exact) mass is 280 g/mol. The molecule has 3 N–H and O–H groups in total. The zero-order valence-electron chi connectivity index (χ0n) is 11.1. The van der Waals surface area contributed by atoms with E-state index in [0.717, 1.165) is 0 Å². The van der Waals surface area contributed by atoms with Crippen LogP contribution in [-0.2, 0) is 0 Å². The SMILES string of the molecule is COc1cc(F)ccc1NC(=O)N[C@@H]1C=C[C@H](CO)C1. The highest BCUT2D eigenvalue weighted by molar-refractivity contribution is 5.91. The van der Waals surface area contributed by atoms with E-state index in [1.54, 1.807) is 0 Å². The van der Waals surface area contributed by atoms with Crippen LogP contribution in [0.15, 0.2) is 30.4 Å². The van der Waals surface area contributed by atoms with Crippen LogP contribution in [0, 0.1) is 11.7 Å². The first-order valence-electron chi connectivity index (χ1n) is 6.32. The van der Waals surface area contributed by atoms with Crippen LogP contribution in [0.25, 0.3) is 0 Å². The molecule has 2 rings (SSSR count). The minimum atomic E-state index is -0.433. The summed E-state index contributed by atoms with van der Waals surface area (Å²) >= 11 is 0. The second-order valence-electron chi connectivity index (χ2n) is 4.61. The van der Waals surface area contributed by atoms with Gasteiger partial charge in [0.1, 0.15) is 11.6 Å². The number of carbonyl (C=O) groups is 1. The zero-order chi connectivity index (χ0) is 14.5. The fourth-order valence-corrected chi connectivity index (χ4v) is 2.11. The third-order valence-electron chi connectivity index (χ3n) is 3.14. The maximum absolute atomic E-state index is 13.0. The lowest BCUT2D eigenvalue weighted by Gasteiger charge is -2.15. The number of anilines is 1. The Labute approximate surface area is 116 Å². The van der Waals surface area contributed by atoms with E-state index in [1.807, 2.05) is 12.2 Å². The second kappa shape index (κ2) is 6.38. The number of rotatable bonds is 4. The van der Waals surface area contributed by atoms with Crippen molar-refractivity contribution in [2.45, 2.75) is 12.5 Å². The minimum Gasteiger partial charge on any atom is -0.494 e. The summed E-state index contributed by atoms with van der Waals surface area (Å²) in [5.74, 6) is -0.0895. The highest BCUT2D eigenvalue weighted by Crippen LogP contribution is 2.25. The van der Waals surface area contributed by atoms with Crippen LogP contribution in [0.5, 0.6) is 5.75 Å². The largest absolute Gasteiger partial charge is 0.494 e. The van der Waals surface area contributed by atoms with E-state index < -0.39 is 11.8 Å². The standard InChI is InChI=1S/C14H17FN2O3/c1-20-13-7-10(15)3-5-12(13)17-14(19)16-11-4-2-9(6-11)8-18/h2-5,7,9,11,18H,6,8H2,1H3,(H2,16,17,19)/t9-,11+/m0/s1. The Morgan fingerprint density at radius 3 is 2.95 bits per heavy atom. The molecule has 0 aromatic heterocycles. The summed E-state index contributed by atoms with van der Waals surface area (Å²) in [7, 11) is 1.41. The molecule has 0 aliphatic heterocycles. The van der Waals surface area contributed by atoms with E-state index in [0.29, 0.717) is 12.1 Å². The number of ether oxygens (including phenoxy) is 1. The molecule has 6 heteroatoms. The van der Waals surface area contributed by atoms with E-state index in [4.69, 9.17) is 9.84 Å². The molecule has 0 bridgehead atoms. The summed E-state index contributed by atoms with van der Waals surface area (Å²) in [6.07, 6.45) is 4.40. The lowest BCUT2D eigenvalue weighted by Crippen LogP contribution is -2.36. The van der Waals surface area contributed by atoms with E-state index in [-0.39, 0.29) is 24.3 Å². The van der Waals surface area contributed by atoms with Gasteiger partial charge in [-0.05, 0) is 18.6 Å². The van der Waals surface area contributed by atoms with E-state index in [1.165, 1.54) is 25.3 Å². The summed E-state index contributed by atoms with van der Waals surface area (Å²) in [6, 6.07) is 3.37. The summed E-state index contributed by atoms with van der Waals surface area (Å²) in [4.78, 5) is 11.8. The summed E-state index contributed by atoms with van der Waals surface area (Å²) < 4.78 is 18.0. The van der Waals surface area contributed by atoms with Gasteiger partial charge in [0.25, 0.3) is 0 Å². The van der Waals surface area contributed by atoms with Crippen LogP contribution in [0.3, 0.4) is 0 Å². The van der Waals surface area contributed by atoms with Gasteiger partial charge in [-0.3, -0.25) is 0 Å². The number of hydrogen-bond acceptors (Lipinski definition) is 3. The van der Waals surface area contributed by atoms with Crippen molar-refractivity contribution in [2.24, 2.45) is 5.92 Å². The number of halogens is 1. The van der Waals surface area contributed by atoms with E-state index in [9.17, 15) is 9.18 Å². The number of benzene rings is 1. The lowest BCUT2D eigenvalue weighted by molar-refractivity contribution is 0.238. The number of urea groups is 1. The van der Waals surface area contributed by atoms with Crippen LogP contribution in [0.1, 0.15) is 6.42 Å². The van der Waals surface area contributed by atoms with Crippen molar-refractivity contribution >= 4 is 11.7 Å². The van der Waals surface area contributed by atoms with Crippen molar-refractivity contribution in [1.29, 1.82) is 0 Å². The van der Waals surface area contributed by atoms with Gasteiger partial charge in [0, 0.05) is 24.6 Å². The Morgan fingerprint density at radius 2 is 2.30 bits per heavy atom. The van der Waals surface area contributed by atoms with Gasteiger partial charge in [-0.25, -0.2) is 9.18 Å². The molecular formula is C14H17FN2O3. The summed E-state index contributed by atoms with van der Waals surface area (Å²) in [5, 5.41) is 14.4. The van der Waals surface area contributed by atoms with Gasteiger partial charge in [0.05, 0.1) is 12.8 Å². The maximum atomic E-state index is 13.0. The fraction of sp³-hybridized carbons (Fsp3) is 0.357. The molecule has 5 nitrogen and oxygen atoms in total. The van der Waals surface area contributed by atoms with Crippen LogP contribution in [0.2, 0.25) is 0 Å². The van der Waals surface area contributed by atoms with Gasteiger partial charge in [0.15, 0.2) is 0 Å². The Hall–Kier alpha value is -2.08. The first-order valence-corrected chi connectivity index (χ1v) is 6.32. The molecule has 2 amide bonds. The molecule has 0 saturated carbocycles. The molecule has 0 spiro atoms. The number of aliphatic hydroxyl groups is 1. The van der Waals surface area contributed by atoms with Crippen molar-refractivity contribution in [1.82, 2.24) is 5.32 Å². The van der Waals surface area contributed by atoms with Gasteiger partial charge in [-0.15, -0.1) is 0 Å².